The van der Waals surface area contributed by atoms with E-state index in [1.54, 1.807) is 0 Å². The zero-order valence-corrected chi connectivity index (χ0v) is 11.5. The fourth-order valence-electron chi connectivity index (χ4n) is 2.41. The fourth-order valence-corrected chi connectivity index (χ4v) is 2.41. The molecule has 2 rings (SSSR count). The molecule has 2 atom stereocenters. The van der Waals surface area contributed by atoms with Gasteiger partial charge in [-0.3, -0.25) is 0 Å². The molecule has 2 N–H and O–H groups in total. The lowest BCUT2D eigenvalue weighted by Crippen LogP contribution is -2.28. The molecule has 0 saturated heterocycles. The average molecular weight is 247 g/mol. The number of benzene rings is 1. The van der Waals surface area contributed by atoms with Crippen molar-refractivity contribution in [1.82, 2.24) is 5.32 Å². The highest BCUT2D eigenvalue weighted by molar-refractivity contribution is 5.25. The standard InChI is InChI=1S/C16H25NO/c1-12-3-5-14(6-4-12)16(15-7-8-15)17-11-13(2)9-10-18/h3-6,13,15-18H,7-11H2,1-2H3. The largest absolute Gasteiger partial charge is 0.396 e. The van der Waals surface area contributed by atoms with Crippen molar-refractivity contribution in [1.29, 1.82) is 0 Å². The van der Waals surface area contributed by atoms with Crippen molar-refractivity contribution in [2.24, 2.45) is 11.8 Å². The zero-order valence-electron chi connectivity index (χ0n) is 11.5. The first-order valence-electron chi connectivity index (χ1n) is 7.11. The topological polar surface area (TPSA) is 32.3 Å². The first-order valence-corrected chi connectivity index (χ1v) is 7.11. The van der Waals surface area contributed by atoms with Crippen LogP contribution in [0.4, 0.5) is 0 Å². The summed E-state index contributed by atoms with van der Waals surface area (Å²) in [5.74, 6) is 1.36. The second kappa shape index (κ2) is 6.35. The van der Waals surface area contributed by atoms with E-state index in [-0.39, 0.29) is 0 Å². The van der Waals surface area contributed by atoms with Gasteiger partial charge in [0.1, 0.15) is 0 Å². The predicted molar refractivity (Wildman–Crippen MR) is 75.5 cm³/mol. The zero-order chi connectivity index (χ0) is 13.0. The van der Waals surface area contributed by atoms with E-state index in [9.17, 15) is 0 Å². The molecule has 1 fully saturated rings. The Morgan fingerprint density at radius 3 is 2.50 bits per heavy atom. The van der Waals surface area contributed by atoms with Gasteiger partial charge in [0.2, 0.25) is 0 Å². The Bertz CT molecular complexity index is 356. The summed E-state index contributed by atoms with van der Waals surface area (Å²) in [6, 6.07) is 9.41. The molecule has 0 heterocycles. The molecule has 0 spiro atoms. The summed E-state index contributed by atoms with van der Waals surface area (Å²) in [7, 11) is 0. The summed E-state index contributed by atoms with van der Waals surface area (Å²) in [6.45, 7) is 5.62. The van der Waals surface area contributed by atoms with E-state index in [0.29, 0.717) is 18.6 Å². The van der Waals surface area contributed by atoms with Crippen LogP contribution in [0.25, 0.3) is 0 Å². The van der Waals surface area contributed by atoms with Crippen LogP contribution in [0.15, 0.2) is 24.3 Å². The normalized spacial score (nSPS) is 18.6. The molecular formula is C16H25NO. The third kappa shape index (κ3) is 3.82. The maximum Gasteiger partial charge on any atom is 0.0434 e. The van der Waals surface area contributed by atoms with Crippen LogP contribution in [0.3, 0.4) is 0 Å². The number of aliphatic hydroxyl groups excluding tert-OH is 1. The molecule has 0 aromatic heterocycles. The summed E-state index contributed by atoms with van der Waals surface area (Å²) in [6.07, 6.45) is 3.58. The van der Waals surface area contributed by atoms with Crippen LogP contribution in [0.1, 0.15) is 43.4 Å². The van der Waals surface area contributed by atoms with Gasteiger partial charge >= 0.3 is 0 Å². The predicted octanol–water partition coefficient (Wildman–Crippen LogP) is 3.05. The van der Waals surface area contributed by atoms with Crippen LogP contribution in [0.5, 0.6) is 0 Å². The summed E-state index contributed by atoms with van der Waals surface area (Å²) in [5, 5.41) is 12.6. The number of rotatable bonds is 7. The second-order valence-corrected chi connectivity index (χ2v) is 5.75. The van der Waals surface area contributed by atoms with E-state index in [1.165, 1.54) is 24.0 Å². The SMILES string of the molecule is Cc1ccc(C(NCC(C)CCO)C2CC2)cc1. The highest BCUT2D eigenvalue weighted by Crippen LogP contribution is 2.41. The molecular weight excluding hydrogens is 222 g/mol. The van der Waals surface area contributed by atoms with Crippen LogP contribution in [0, 0.1) is 18.8 Å². The molecule has 2 unspecified atom stereocenters. The van der Waals surface area contributed by atoms with Gasteiger partial charge in [-0.05, 0) is 50.1 Å². The summed E-state index contributed by atoms with van der Waals surface area (Å²) in [5.41, 5.74) is 2.74. The lowest BCUT2D eigenvalue weighted by Gasteiger charge is -2.21. The van der Waals surface area contributed by atoms with Gasteiger partial charge < -0.3 is 10.4 Å². The first-order chi connectivity index (χ1) is 8.70. The maximum absolute atomic E-state index is 8.94. The molecule has 100 valence electrons. The van der Waals surface area contributed by atoms with Crippen LogP contribution in [-0.4, -0.2) is 18.3 Å². The third-order valence-corrected chi connectivity index (χ3v) is 3.84. The van der Waals surface area contributed by atoms with E-state index in [2.05, 4.69) is 43.4 Å². The molecule has 1 aromatic rings. The van der Waals surface area contributed by atoms with Crippen molar-refractivity contribution in [3.8, 4) is 0 Å². The molecule has 0 radical (unpaired) electrons. The van der Waals surface area contributed by atoms with Crippen LogP contribution in [-0.2, 0) is 0 Å². The minimum Gasteiger partial charge on any atom is -0.396 e. The Labute approximate surface area is 110 Å². The van der Waals surface area contributed by atoms with Crippen molar-refractivity contribution >= 4 is 0 Å². The van der Waals surface area contributed by atoms with Crippen molar-refractivity contribution < 1.29 is 5.11 Å². The summed E-state index contributed by atoms with van der Waals surface area (Å²) in [4.78, 5) is 0. The number of nitrogens with one attached hydrogen (secondary N) is 1. The highest BCUT2D eigenvalue weighted by atomic mass is 16.3. The third-order valence-electron chi connectivity index (χ3n) is 3.84. The van der Waals surface area contributed by atoms with Gasteiger partial charge in [0.05, 0.1) is 0 Å². The molecule has 0 bridgehead atoms. The summed E-state index contributed by atoms with van der Waals surface area (Å²) >= 11 is 0. The number of aryl methyl sites for hydroxylation is 1. The maximum atomic E-state index is 8.94. The highest BCUT2D eigenvalue weighted by Gasteiger charge is 2.31. The molecule has 1 saturated carbocycles. The van der Waals surface area contributed by atoms with Crippen LogP contribution < -0.4 is 5.32 Å². The molecule has 2 nitrogen and oxygen atoms in total. The summed E-state index contributed by atoms with van der Waals surface area (Å²) < 4.78 is 0. The molecule has 18 heavy (non-hydrogen) atoms. The number of hydrogen-bond donors (Lipinski definition) is 2. The number of aliphatic hydroxyl groups is 1. The fraction of sp³-hybridized carbons (Fsp3) is 0.625. The van der Waals surface area contributed by atoms with Gasteiger partial charge in [0.15, 0.2) is 0 Å². The lowest BCUT2D eigenvalue weighted by molar-refractivity contribution is 0.256. The van der Waals surface area contributed by atoms with E-state index in [1.807, 2.05) is 0 Å². The molecule has 1 aliphatic carbocycles. The first kappa shape index (κ1) is 13.6. The molecule has 2 heteroatoms. The van der Waals surface area contributed by atoms with Gasteiger partial charge in [0.25, 0.3) is 0 Å². The Morgan fingerprint density at radius 1 is 1.28 bits per heavy atom. The quantitative estimate of drug-likeness (QED) is 0.776. The van der Waals surface area contributed by atoms with Gasteiger partial charge in [-0.15, -0.1) is 0 Å². The molecule has 0 amide bonds. The molecule has 0 aliphatic heterocycles. The Kier molecular flexibility index (Phi) is 4.79. The minimum atomic E-state index is 0.293. The van der Waals surface area contributed by atoms with Crippen LogP contribution in [0.2, 0.25) is 0 Å². The Balaban J connectivity index is 1.94. The Morgan fingerprint density at radius 2 is 1.94 bits per heavy atom. The van der Waals surface area contributed by atoms with Crippen LogP contribution >= 0.6 is 0 Å². The lowest BCUT2D eigenvalue weighted by atomic mass is 10.00. The van der Waals surface area contributed by atoms with Crippen molar-refractivity contribution in [2.75, 3.05) is 13.2 Å². The second-order valence-electron chi connectivity index (χ2n) is 5.75. The van der Waals surface area contributed by atoms with E-state index < -0.39 is 0 Å². The Hall–Kier alpha value is -0.860. The molecule has 1 aliphatic rings. The van der Waals surface area contributed by atoms with Crippen molar-refractivity contribution in [3.05, 3.63) is 35.4 Å². The smallest absolute Gasteiger partial charge is 0.0434 e. The van der Waals surface area contributed by atoms with E-state index >= 15 is 0 Å². The van der Waals surface area contributed by atoms with Gasteiger partial charge in [0, 0.05) is 12.6 Å². The molecule has 1 aromatic carbocycles. The minimum absolute atomic E-state index is 0.293. The van der Waals surface area contributed by atoms with Crippen molar-refractivity contribution in [3.63, 3.8) is 0 Å². The van der Waals surface area contributed by atoms with Gasteiger partial charge in [-0.1, -0.05) is 36.8 Å². The van der Waals surface area contributed by atoms with Gasteiger partial charge in [-0.25, -0.2) is 0 Å². The van der Waals surface area contributed by atoms with E-state index in [0.717, 1.165) is 18.9 Å². The number of hydrogen-bond acceptors (Lipinski definition) is 2. The van der Waals surface area contributed by atoms with Crippen molar-refractivity contribution in [2.45, 2.75) is 39.2 Å². The van der Waals surface area contributed by atoms with Gasteiger partial charge in [-0.2, -0.15) is 0 Å². The average Bonchev–Trinajstić information content (AvgIpc) is 3.16. The monoisotopic (exact) mass is 247 g/mol. The van der Waals surface area contributed by atoms with E-state index in [4.69, 9.17) is 5.11 Å².